The Morgan fingerprint density at radius 3 is 2.31 bits per heavy atom. The van der Waals surface area contributed by atoms with Crippen molar-refractivity contribution in [2.24, 2.45) is 5.41 Å². The highest BCUT2D eigenvalue weighted by atomic mass is 32.1. The number of aliphatic hydroxyl groups excluding tert-OH is 1. The SMILES string of the molecule is Cc1ncsc1-c1ccc(CNC(=O)[C@@H]2C[C@@H](O)CN2C(=O)C(NC(=O)CCCCCCCCCNC(=O)COc2ccc3c(c2)CCC3NC(=O)c2cc(-c3ccc(C(=O)N(C)C)c(O)c3)on2)C(C)(C)C)cc1. The highest BCUT2D eigenvalue weighted by Crippen LogP contribution is 2.35. The first kappa shape index (κ1) is 55.6. The van der Waals surface area contributed by atoms with Crippen molar-refractivity contribution in [2.45, 2.75) is 129 Å². The number of unbranched alkanes of at least 4 members (excludes halogenated alkanes) is 6. The minimum absolute atomic E-state index is 0.0139. The Bertz CT molecular complexity index is 2820. The predicted molar refractivity (Wildman–Crippen MR) is 284 cm³/mol. The van der Waals surface area contributed by atoms with E-state index in [-0.39, 0.29) is 90.9 Å². The van der Waals surface area contributed by atoms with Gasteiger partial charge in [0.05, 0.1) is 33.8 Å². The number of amides is 6. The molecule has 2 aliphatic rings. The highest BCUT2D eigenvalue weighted by molar-refractivity contribution is 7.13. The molecule has 6 N–H and O–H groups in total. The summed E-state index contributed by atoms with van der Waals surface area (Å²) in [5.41, 5.74) is 6.75. The number of hydrogen-bond donors (Lipinski definition) is 6. The first-order chi connectivity index (χ1) is 35.9. The van der Waals surface area contributed by atoms with E-state index in [1.165, 1.54) is 28.0 Å². The van der Waals surface area contributed by atoms with Crippen molar-refractivity contribution in [3.05, 3.63) is 106 Å². The number of ether oxygens (including phenoxy) is 1. The summed E-state index contributed by atoms with van der Waals surface area (Å²) in [6.07, 6.45) is 7.17. The number of benzene rings is 3. The van der Waals surface area contributed by atoms with Crippen LogP contribution in [0.1, 0.15) is 134 Å². The molecule has 19 heteroatoms. The average Bonchev–Trinajstić information content (AvgIpc) is 4.22. The summed E-state index contributed by atoms with van der Waals surface area (Å²) >= 11 is 1.57. The molecule has 3 heterocycles. The number of nitrogens with zero attached hydrogens (tertiary/aromatic N) is 4. The van der Waals surface area contributed by atoms with Gasteiger partial charge in [-0.15, -0.1) is 11.3 Å². The van der Waals surface area contributed by atoms with E-state index in [0.717, 1.165) is 71.3 Å². The number of thiazole rings is 1. The smallest absolute Gasteiger partial charge is 0.273 e. The second-order valence-corrected chi connectivity index (χ2v) is 21.6. The normalized spacial score (nSPS) is 16.5. The van der Waals surface area contributed by atoms with Crippen LogP contribution in [0.5, 0.6) is 11.5 Å². The molecule has 3 aromatic carbocycles. The lowest BCUT2D eigenvalue weighted by atomic mass is 9.85. The Hall–Kier alpha value is -7.12. The topological polar surface area (TPSA) is 246 Å². The Labute approximate surface area is 442 Å². The van der Waals surface area contributed by atoms with Gasteiger partial charge in [-0.3, -0.25) is 28.8 Å². The first-order valence-electron chi connectivity index (χ1n) is 25.8. The molecule has 4 atom stereocenters. The standard InChI is InChI=1S/C56H70N8O10S/c1-34-50(75-33-59-34)36-17-15-35(16-18-36)30-58-53(70)45-28-39(65)31-64(45)55(72)51(56(2,3)4)61-48(67)14-12-10-8-7-9-11-13-25-57-49(68)32-73-40-21-23-41-37(26-40)20-24-43(41)60-52(69)44-29-47(74-62-44)38-19-22-42(46(66)27-38)54(71)63(5)6/h15-19,21-23,26-27,29,33,39,43,45,51,65-66H,7-14,20,24-25,28,30-32H2,1-6H3,(H,57,68)(H,58,70)(H,60,69)(H,61,67)/t39-,43?,45+,51?/m1/s1. The van der Waals surface area contributed by atoms with Gasteiger partial charge in [0.2, 0.25) is 17.7 Å². The molecule has 75 heavy (non-hydrogen) atoms. The van der Waals surface area contributed by atoms with Crippen molar-refractivity contribution in [1.29, 1.82) is 0 Å². The quantitative estimate of drug-likeness (QED) is 0.0362. The third-order valence-electron chi connectivity index (χ3n) is 13.6. The van der Waals surface area contributed by atoms with Crippen LogP contribution in [-0.2, 0) is 32.1 Å². The monoisotopic (exact) mass is 1050 g/mol. The molecule has 1 fully saturated rings. The molecular formula is C56H70N8O10S. The van der Waals surface area contributed by atoms with Gasteiger partial charge in [0.25, 0.3) is 17.7 Å². The summed E-state index contributed by atoms with van der Waals surface area (Å²) in [4.78, 5) is 86.8. The van der Waals surface area contributed by atoms with Crippen molar-refractivity contribution in [2.75, 3.05) is 33.8 Å². The second-order valence-electron chi connectivity index (χ2n) is 20.7. The average molecular weight is 1050 g/mol. The number of aryl methyl sites for hydroxylation is 2. The van der Waals surface area contributed by atoms with Gasteiger partial charge >= 0.3 is 0 Å². The maximum atomic E-state index is 14.0. The minimum atomic E-state index is -0.876. The number of carbonyl (C=O) groups is 6. The van der Waals surface area contributed by atoms with Gasteiger partial charge in [-0.2, -0.15) is 0 Å². The van der Waals surface area contributed by atoms with E-state index in [1.807, 2.05) is 69.6 Å². The van der Waals surface area contributed by atoms with Gasteiger partial charge in [-0.05, 0) is 84.5 Å². The van der Waals surface area contributed by atoms with Crippen LogP contribution in [0.2, 0.25) is 0 Å². The maximum Gasteiger partial charge on any atom is 0.273 e. The molecule has 7 rings (SSSR count). The molecule has 2 aromatic heterocycles. The first-order valence-corrected chi connectivity index (χ1v) is 26.6. The zero-order chi connectivity index (χ0) is 53.8. The summed E-state index contributed by atoms with van der Waals surface area (Å²) in [5.74, 6) is -1.31. The van der Waals surface area contributed by atoms with Crippen LogP contribution in [-0.4, -0.2) is 118 Å². The van der Waals surface area contributed by atoms with Gasteiger partial charge in [-0.1, -0.05) is 94.4 Å². The Morgan fingerprint density at radius 1 is 0.893 bits per heavy atom. The molecule has 0 spiro atoms. The molecule has 0 radical (unpaired) electrons. The van der Waals surface area contributed by atoms with Crippen LogP contribution in [0.15, 0.2) is 76.8 Å². The lowest BCUT2D eigenvalue weighted by Crippen LogP contribution is -2.57. The number of carbonyl (C=O) groups excluding carboxylic acids is 6. The molecule has 6 amide bonds. The molecule has 1 aliphatic heterocycles. The fraction of sp³-hybridized carbons (Fsp3) is 0.464. The van der Waals surface area contributed by atoms with Gasteiger partial charge in [-0.25, -0.2) is 4.98 Å². The number of phenols is 1. The van der Waals surface area contributed by atoms with Crippen LogP contribution in [0, 0.1) is 12.3 Å². The molecule has 400 valence electrons. The zero-order valence-corrected chi connectivity index (χ0v) is 44.5. The number of rotatable bonds is 23. The number of nitrogens with one attached hydrogen (secondary N) is 4. The van der Waals surface area contributed by atoms with Crippen molar-refractivity contribution < 1.29 is 48.2 Å². The molecule has 1 saturated heterocycles. The van der Waals surface area contributed by atoms with Crippen molar-refractivity contribution in [1.82, 2.24) is 41.2 Å². The van der Waals surface area contributed by atoms with Gasteiger partial charge in [0.1, 0.15) is 23.6 Å². The van der Waals surface area contributed by atoms with E-state index >= 15 is 0 Å². The second kappa shape index (κ2) is 25.4. The highest BCUT2D eigenvalue weighted by Gasteiger charge is 2.44. The summed E-state index contributed by atoms with van der Waals surface area (Å²) in [7, 11) is 3.19. The number of aromatic hydroxyl groups is 1. The van der Waals surface area contributed by atoms with Crippen LogP contribution in [0.3, 0.4) is 0 Å². The molecular weight excluding hydrogens is 977 g/mol. The van der Waals surface area contributed by atoms with Crippen molar-refractivity contribution >= 4 is 46.8 Å². The number of aromatic nitrogens is 2. The van der Waals surface area contributed by atoms with E-state index in [1.54, 1.807) is 37.6 Å². The third kappa shape index (κ3) is 14.8. The fourth-order valence-corrected chi connectivity index (χ4v) is 10.2. The lowest BCUT2D eigenvalue weighted by Gasteiger charge is -2.35. The van der Waals surface area contributed by atoms with Crippen LogP contribution in [0.4, 0.5) is 0 Å². The summed E-state index contributed by atoms with van der Waals surface area (Å²) < 4.78 is 11.2. The fourth-order valence-electron chi connectivity index (χ4n) is 9.43. The Morgan fingerprint density at radius 2 is 1.61 bits per heavy atom. The minimum Gasteiger partial charge on any atom is -0.507 e. The maximum absolute atomic E-state index is 14.0. The number of hydrogen-bond acceptors (Lipinski definition) is 13. The van der Waals surface area contributed by atoms with E-state index in [2.05, 4.69) is 31.4 Å². The number of aliphatic hydroxyl groups is 1. The van der Waals surface area contributed by atoms with E-state index < -0.39 is 29.5 Å². The number of β-amino-alcohol motifs (C(OH)–C–C–N with tert-alkyl or cyclic N) is 1. The van der Waals surface area contributed by atoms with E-state index in [0.29, 0.717) is 37.1 Å². The van der Waals surface area contributed by atoms with E-state index in [9.17, 15) is 39.0 Å². The number of phenolic OH excluding ortho intramolecular Hbond substituents is 1. The largest absolute Gasteiger partial charge is 0.507 e. The molecule has 1 aliphatic carbocycles. The molecule has 18 nitrogen and oxygen atoms in total. The molecule has 0 saturated carbocycles. The van der Waals surface area contributed by atoms with Gasteiger partial charge < -0.3 is 50.5 Å². The lowest BCUT2D eigenvalue weighted by molar-refractivity contribution is -0.144. The zero-order valence-electron chi connectivity index (χ0n) is 43.7. The van der Waals surface area contributed by atoms with Gasteiger partial charge in [0.15, 0.2) is 18.1 Å². The summed E-state index contributed by atoms with van der Waals surface area (Å²) in [6, 6.07) is 17.5. The number of likely N-dealkylation sites (tertiary alicyclic amines) is 1. The van der Waals surface area contributed by atoms with E-state index in [4.69, 9.17) is 9.26 Å². The van der Waals surface area contributed by atoms with Crippen LogP contribution < -0.4 is 26.0 Å². The summed E-state index contributed by atoms with van der Waals surface area (Å²) in [6.45, 7) is 8.29. The Kier molecular flexibility index (Phi) is 18.8. The third-order valence-corrected chi connectivity index (χ3v) is 14.6. The van der Waals surface area contributed by atoms with Crippen LogP contribution >= 0.6 is 11.3 Å². The van der Waals surface area contributed by atoms with Crippen LogP contribution in [0.25, 0.3) is 21.8 Å². The number of fused-ring (bicyclic) bond motifs is 1. The molecule has 5 aromatic rings. The Balaban J connectivity index is 0.741. The predicted octanol–water partition coefficient (Wildman–Crippen LogP) is 7.02. The van der Waals surface area contributed by atoms with Crippen molar-refractivity contribution in [3.8, 4) is 33.3 Å². The van der Waals surface area contributed by atoms with Crippen molar-refractivity contribution in [3.63, 3.8) is 0 Å². The molecule has 0 bridgehead atoms. The summed E-state index contributed by atoms with van der Waals surface area (Å²) in [5, 5.41) is 36.7. The van der Waals surface area contributed by atoms with Gasteiger partial charge in [0, 0.05) is 58.2 Å². The molecule has 2 unspecified atom stereocenters.